The summed E-state index contributed by atoms with van der Waals surface area (Å²) < 4.78 is 0. The lowest BCUT2D eigenvalue weighted by Gasteiger charge is -2.14. The summed E-state index contributed by atoms with van der Waals surface area (Å²) >= 11 is 0. The molecule has 112 valence electrons. The molecule has 0 atom stereocenters. The molecule has 0 aliphatic rings. The Morgan fingerprint density at radius 3 is 2.09 bits per heavy atom. The minimum atomic E-state index is 0.662. The summed E-state index contributed by atoms with van der Waals surface area (Å²) in [6.07, 6.45) is 0. The zero-order valence-electron chi connectivity index (χ0n) is 13.3. The van der Waals surface area contributed by atoms with Crippen LogP contribution in [0.15, 0.2) is 66.7 Å². The second kappa shape index (κ2) is 6.37. The van der Waals surface area contributed by atoms with E-state index in [1.165, 1.54) is 16.7 Å². The van der Waals surface area contributed by atoms with Crippen molar-refractivity contribution in [2.45, 2.75) is 13.8 Å². The molecule has 3 rings (SSSR count). The van der Waals surface area contributed by atoms with Gasteiger partial charge >= 0.3 is 0 Å². The van der Waals surface area contributed by atoms with Gasteiger partial charge in [-0.1, -0.05) is 48.5 Å². The number of nitrogens with one attached hydrogen (secondary N) is 1. The van der Waals surface area contributed by atoms with Gasteiger partial charge in [0.25, 0.3) is 0 Å². The third-order valence-corrected chi connectivity index (χ3v) is 3.98. The van der Waals surface area contributed by atoms with Crippen molar-refractivity contribution in [2.24, 2.45) is 0 Å². The van der Waals surface area contributed by atoms with Crippen molar-refractivity contribution in [1.82, 2.24) is 0 Å². The van der Waals surface area contributed by atoms with Gasteiger partial charge in [-0.05, 0) is 54.3 Å². The van der Waals surface area contributed by atoms with Crippen molar-refractivity contribution in [3.8, 4) is 17.2 Å². The molecule has 3 aromatic carbocycles. The molecule has 0 saturated heterocycles. The first-order valence-corrected chi connectivity index (χ1v) is 7.61. The van der Waals surface area contributed by atoms with Crippen LogP contribution in [-0.4, -0.2) is 0 Å². The van der Waals surface area contributed by atoms with Crippen molar-refractivity contribution in [2.75, 3.05) is 5.32 Å². The van der Waals surface area contributed by atoms with Gasteiger partial charge in [0, 0.05) is 11.4 Å². The number of anilines is 2. The molecule has 2 heteroatoms. The van der Waals surface area contributed by atoms with Crippen molar-refractivity contribution in [3.05, 3.63) is 83.4 Å². The van der Waals surface area contributed by atoms with E-state index in [0.29, 0.717) is 5.56 Å². The van der Waals surface area contributed by atoms with Crippen LogP contribution >= 0.6 is 0 Å². The molecule has 3 aromatic rings. The second-order valence-electron chi connectivity index (χ2n) is 5.66. The summed E-state index contributed by atoms with van der Waals surface area (Å²) in [6.45, 7) is 4.13. The van der Waals surface area contributed by atoms with E-state index in [2.05, 4.69) is 48.6 Å². The van der Waals surface area contributed by atoms with Crippen LogP contribution in [0, 0.1) is 25.2 Å². The largest absolute Gasteiger partial charge is 0.355 e. The molecule has 0 amide bonds. The topological polar surface area (TPSA) is 35.8 Å². The van der Waals surface area contributed by atoms with Gasteiger partial charge in [-0.2, -0.15) is 5.26 Å². The van der Waals surface area contributed by atoms with Gasteiger partial charge in [0.15, 0.2) is 0 Å². The summed E-state index contributed by atoms with van der Waals surface area (Å²) in [7, 11) is 0. The Morgan fingerprint density at radius 2 is 1.39 bits per heavy atom. The number of aryl methyl sites for hydroxylation is 2. The maximum atomic E-state index is 9.09. The maximum absolute atomic E-state index is 9.09. The lowest BCUT2D eigenvalue weighted by molar-refractivity contribution is 1.38. The highest BCUT2D eigenvalue weighted by atomic mass is 14.9. The van der Waals surface area contributed by atoms with E-state index in [1.807, 2.05) is 43.3 Å². The second-order valence-corrected chi connectivity index (χ2v) is 5.66. The summed E-state index contributed by atoms with van der Waals surface area (Å²) in [5.41, 5.74) is 7.35. The highest BCUT2D eigenvalue weighted by Crippen LogP contribution is 2.29. The van der Waals surface area contributed by atoms with E-state index in [4.69, 9.17) is 5.26 Å². The molecule has 0 fully saturated rings. The average molecular weight is 298 g/mol. The molecule has 0 saturated carbocycles. The normalized spacial score (nSPS) is 10.1. The standard InChI is InChI=1S/C21H18N2/c1-15-8-10-17(14-22)12-20(15)23-21-13-19(11-9-16(21)2)18-6-4-3-5-7-18/h3-13,23H,1-2H3. The average Bonchev–Trinajstić information content (AvgIpc) is 2.59. The minimum absolute atomic E-state index is 0.662. The van der Waals surface area contributed by atoms with Gasteiger partial charge in [0.05, 0.1) is 11.6 Å². The van der Waals surface area contributed by atoms with E-state index in [-0.39, 0.29) is 0 Å². The van der Waals surface area contributed by atoms with E-state index < -0.39 is 0 Å². The van der Waals surface area contributed by atoms with Crippen LogP contribution in [-0.2, 0) is 0 Å². The van der Waals surface area contributed by atoms with Crippen LogP contribution in [0.2, 0.25) is 0 Å². The smallest absolute Gasteiger partial charge is 0.0992 e. The van der Waals surface area contributed by atoms with E-state index in [0.717, 1.165) is 16.9 Å². The first-order chi connectivity index (χ1) is 11.2. The van der Waals surface area contributed by atoms with Crippen LogP contribution in [0.3, 0.4) is 0 Å². The molecule has 2 nitrogen and oxygen atoms in total. The van der Waals surface area contributed by atoms with Gasteiger partial charge < -0.3 is 5.32 Å². The number of hydrogen-bond acceptors (Lipinski definition) is 2. The van der Waals surface area contributed by atoms with Gasteiger partial charge in [-0.3, -0.25) is 0 Å². The fraction of sp³-hybridized carbons (Fsp3) is 0.0952. The molecular formula is C21H18N2. The zero-order chi connectivity index (χ0) is 16.2. The predicted octanol–water partition coefficient (Wildman–Crippen LogP) is 5.59. The van der Waals surface area contributed by atoms with Crippen LogP contribution in [0.25, 0.3) is 11.1 Å². The summed E-state index contributed by atoms with van der Waals surface area (Å²) in [5, 5.41) is 12.6. The van der Waals surface area contributed by atoms with Gasteiger partial charge in [0.2, 0.25) is 0 Å². The summed E-state index contributed by atoms with van der Waals surface area (Å²) in [5.74, 6) is 0. The fourth-order valence-electron chi connectivity index (χ4n) is 2.54. The number of nitrogens with zero attached hydrogens (tertiary/aromatic N) is 1. The molecule has 0 spiro atoms. The van der Waals surface area contributed by atoms with Crippen LogP contribution < -0.4 is 5.32 Å². The highest BCUT2D eigenvalue weighted by molar-refractivity contribution is 5.74. The molecule has 0 radical (unpaired) electrons. The maximum Gasteiger partial charge on any atom is 0.0992 e. The van der Waals surface area contributed by atoms with E-state index in [9.17, 15) is 0 Å². The number of rotatable bonds is 3. The first-order valence-electron chi connectivity index (χ1n) is 7.61. The third kappa shape index (κ3) is 3.25. The highest BCUT2D eigenvalue weighted by Gasteiger charge is 2.06. The number of nitriles is 1. The minimum Gasteiger partial charge on any atom is -0.355 e. The Balaban J connectivity index is 1.99. The van der Waals surface area contributed by atoms with Crippen molar-refractivity contribution >= 4 is 11.4 Å². The SMILES string of the molecule is Cc1ccc(C#N)cc1Nc1cc(-c2ccccc2)ccc1C. The lowest BCUT2D eigenvalue weighted by Crippen LogP contribution is -1.96. The predicted molar refractivity (Wildman–Crippen MR) is 95.8 cm³/mol. The van der Waals surface area contributed by atoms with Crippen molar-refractivity contribution < 1.29 is 0 Å². The fourth-order valence-corrected chi connectivity index (χ4v) is 2.54. The van der Waals surface area contributed by atoms with Crippen LogP contribution in [0.1, 0.15) is 16.7 Å². The van der Waals surface area contributed by atoms with Crippen molar-refractivity contribution in [1.29, 1.82) is 5.26 Å². The molecule has 1 N–H and O–H groups in total. The monoisotopic (exact) mass is 298 g/mol. The van der Waals surface area contributed by atoms with Gasteiger partial charge in [0.1, 0.15) is 0 Å². The first kappa shape index (κ1) is 14.9. The Hall–Kier alpha value is -3.05. The van der Waals surface area contributed by atoms with Crippen LogP contribution in [0.4, 0.5) is 11.4 Å². The molecule has 0 aliphatic carbocycles. The van der Waals surface area contributed by atoms with E-state index >= 15 is 0 Å². The summed E-state index contributed by atoms with van der Waals surface area (Å²) in [4.78, 5) is 0. The quantitative estimate of drug-likeness (QED) is 0.684. The Kier molecular flexibility index (Phi) is 4.12. The molecule has 0 aromatic heterocycles. The number of hydrogen-bond donors (Lipinski definition) is 1. The molecular weight excluding hydrogens is 280 g/mol. The van der Waals surface area contributed by atoms with Gasteiger partial charge in [-0.25, -0.2) is 0 Å². The third-order valence-electron chi connectivity index (χ3n) is 3.98. The zero-order valence-corrected chi connectivity index (χ0v) is 13.3. The lowest BCUT2D eigenvalue weighted by atomic mass is 10.0. The van der Waals surface area contributed by atoms with Gasteiger partial charge in [-0.15, -0.1) is 0 Å². The summed E-state index contributed by atoms with van der Waals surface area (Å²) in [6, 6.07) is 24.6. The molecule has 0 bridgehead atoms. The van der Waals surface area contributed by atoms with Crippen molar-refractivity contribution in [3.63, 3.8) is 0 Å². The molecule has 0 heterocycles. The molecule has 0 aliphatic heterocycles. The number of benzene rings is 3. The van der Waals surface area contributed by atoms with Crippen LogP contribution in [0.5, 0.6) is 0 Å². The Bertz CT molecular complexity index is 874. The molecule has 0 unspecified atom stereocenters. The van der Waals surface area contributed by atoms with E-state index in [1.54, 1.807) is 0 Å². The Morgan fingerprint density at radius 1 is 0.739 bits per heavy atom. The molecule has 23 heavy (non-hydrogen) atoms. The Labute approximate surface area is 137 Å².